The van der Waals surface area contributed by atoms with Crippen LogP contribution in [0.3, 0.4) is 0 Å². The van der Waals surface area contributed by atoms with Gasteiger partial charge in [0, 0.05) is 34.2 Å². The van der Waals surface area contributed by atoms with Gasteiger partial charge in [0.15, 0.2) is 0 Å². The molecule has 1 aliphatic carbocycles. The molecule has 2 unspecified atom stereocenters. The highest BCUT2D eigenvalue weighted by Gasteiger charge is 2.38. The van der Waals surface area contributed by atoms with Crippen LogP contribution in [-0.2, 0) is 0 Å². The molecular weight excluding hydrogens is 316 g/mol. The fourth-order valence-corrected chi connectivity index (χ4v) is 4.07. The number of benzene rings is 3. The summed E-state index contributed by atoms with van der Waals surface area (Å²) in [5.41, 5.74) is 6.18. The van der Waals surface area contributed by atoms with Crippen LogP contribution in [0.1, 0.15) is 11.5 Å². The van der Waals surface area contributed by atoms with Crippen molar-refractivity contribution in [2.24, 2.45) is 0 Å². The second kappa shape index (κ2) is 6.23. The van der Waals surface area contributed by atoms with E-state index in [1.165, 1.54) is 22.6 Å². The number of anilines is 4. The van der Waals surface area contributed by atoms with Crippen molar-refractivity contribution in [2.45, 2.75) is 12.0 Å². The van der Waals surface area contributed by atoms with Gasteiger partial charge in [-0.3, -0.25) is 0 Å². The number of allylic oxidation sites excluding steroid dienone is 2. The standard InChI is InChI=1S/C24H20N2/c1-3-10-18(11-4-1)25-21-15-9-17-23-24(21)20-14-7-8-16-22(20)26(23)19-12-5-2-6-13-19/h1-17,20,22,25H. The maximum Gasteiger partial charge on any atom is 0.0630 e. The number of nitrogens with one attached hydrogen (secondary N) is 1. The molecule has 0 bridgehead atoms. The molecule has 0 radical (unpaired) electrons. The summed E-state index contributed by atoms with van der Waals surface area (Å²) in [5, 5.41) is 3.62. The third kappa shape index (κ3) is 2.42. The maximum atomic E-state index is 3.62. The molecule has 0 saturated heterocycles. The summed E-state index contributed by atoms with van der Waals surface area (Å²) in [6.07, 6.45) is 8.96. The number of para-hydroxylation sites is 2. The number of hydrogen-bond acceptors (Lipinski definition) is 2. The Bertz CT molecular complexity index is 974. The molecule has 126 valence electrons. The van der Waals surface area contributed by atoms with Crippen molar-refractivity contribution in [1.29, 1.82) is 0 Å². The predicted octanol–water partition coefficient (Wildman–Crippen LogP) is 6.16. The van der Waals surface area contributed by atoms with Crippen LogP contribution in [0.15, 0.2) is 103 Å². The molecule has 2 aliphatic rings. The van der Waals surface area contributed by atoms with Crippen molar-refractivity contribution in [1.82, 2.24) is 0 Å². The number of fused-ring (bicyclic) bond motifs is 3. The summed E-state index contributed by atoms with van der Waals surface area (Å²) in [7, 11) is 0. The summed E-state index contributed by atoms with van der Waals surface area (Å²) in [6, 6.07) is 27.9. The van der Waals surface area contributed by atoms with Gasteiger partial charge in [-0.1, -0.05) is 66.8 Å². The lowest BCUT2D eigenvalue weighted by molar-refractivity contribution is 0.745. The van der Waals surface area contributed by atoms with Crippen molar-refractivity contribution in [2.75, 3.05) is 10.2 Å². The van der Waals surface area contributed by atoms with Crippen LogP contribution in [-0.4, -0.2) is 6.04 Å². The topological polar surface area (TPSA) is 15.3 Å². The Labute approximate surface area is 154 Å². The van der Waals surface area contributed by atoms with E-state index in [1.54, 1.807) is 0 Å². The van der Waals surface area contributed by atoms with Gasteiger partial charge >= 0.3 is 0 Å². The number of rotatable bonds is 3. The van der Waals surface area contributed by atoms with Crippen molar-refractivity contribution >= 4 is 22.7 Å². The van der Waals surface area contributed by atoms with Gasteiger partial charge < -0.3 is 10.2 Å². The van der Waals surface area contributed by atoms with Gasteiger partial charge in [0.05, 0.1) is 6.04 Å². The molecule has 3 aromatic rings. The Kier molecular flexibility index (Phi) is 3.60. The van der Waals surface area contributed by atoms with Gasteiger partial charge in [-0.15, -0.1) is 0 Å². The SMILES string of the molecule is C1=CC2c3c(Nc4ccccc4)cccc3N(c3ccccc3)C2C=C1. The molecule has 3 aromatic carbocycles. The molecule has 0 aromatic heterocycles. The van der Waals surface area contributed by atoms with E-state index in [-0.39, 0.29) is 0 Å². The Balaban J connectivity index is 1.64. The van der Waals surface area contributed by atoms with Crippen molar-refractivity contribution in [3.05, 3.63) is 109 Å². The minimum atomic E-state index is 0.316. The molecule has 5 rings (SSSR count). The molecule has 1 aliphatic heterocycles. The highest BCUT2D eigenvalue weighted by Crippen LogP contribution is 2.50. The van der Waals surface area contributed by atoms with Crippen LogP contribution in [0.5, 0.6) is 0 Å². The third-order valence-corrected chi connectivity index (χ3v) is 5.17. The first kappa shape index (κ1) is 15.0. The lowest BCUT2D eigenvalue weighted by Crippen LogP contribution is -2.28. The van der Waals surface area contributed by atoms with Gasteiger partial charge in [-0.05, 0) is 36.4 Å². The van der Waals surface area contributed by atoms with Crippen LogP contribution >= 0.6 is 0 Å². The minimum Gasteiger partial charge on any atom is -0.355 e. The lowest BCUT2D eigenvalue weighted by Gasteiger charge is -2.28. The zero-order chi connectivity index (χ0) is 17.3. The zero-order valence-electron chi connectivity index (χ0n) is 14.4. The van der Waals surface area contributed by atoms with E-state index in [9.17, 15) is 0 Å². The Hall–Kier alpha value is -3.26. The first-order valence-corrected chi connectivity index (χ1v) is 9.06. The van der Waals surface area contributed by atoms with E-state index < -0.39 is 0 Å². The molecule has 0 fully saturated rings. The highest BCUT2D eigenvalue weighted by molar-refractivity contribution is 5.82. The van der Waals surface area contributed by atoms with Crippen molar-refractivity contribution < 1.29 is 0 Å². The summed E-state index contributed by atoms with van der Waals surface area (Å²) >= 11 is 0. The van der Waals surface area contributed by atoms with E-state index >= 15 is 0 Å². The Morgan fingerprint density at radius 1 is 0.692 bits per heavy atom. The zero-order valence-corrected chi connectivity index (χ0v) is 14.4. The molecular formula is C24H20N2. The van der Waals surface area contributed by atoms with Gasteiger partial charge in [-0.2, -0.15) is 0 Å². The van der Waals surface area contributed by atoms with Gasteiger partial charge in [0.1, 0.15) is 0 Å². The average Bonchev–Trinajstić information content (AvgIpc) is 3.05. The summed E-state index contributed by atoms with van der Waals surface area (Å²) in [4.78, 5) is 2.45. The van der Waals surface area contributed by atoms with Gasteiger partial charge in [-0.25, -0.2) is 0 Å². The van der Waals surface area contributed by atoms with Crippen molar-refractivity contribution in [3.8, 4) is 0 Å². The van der Waals surface area contributed by atoms with Crippen LogP contribution in [0.25, 0.3) is 0 Å². The van der Waals surface area contributed by atoms with E-state index in [4.69, 9.17) is 0 Å². The summed E-state index contributed by atoms with van der Waals surface area (Å²) in [6.45, 7) is 0. The maximum absolute atomic E-state index is 3.62. The Morgan fingerprint density at radius 2 is 1.42 bits per heavy atom. The second-order valence-electron chi connectivity index (χ2n) is 6.72. The lowest BCUT2D eigenvalue weighted by atomic mass is 9.90. The molecule has 0 spiro atoms. The fraction of sp³-hybridized carbons (Fsp3) is 0.0833. The quantitative estimate of drug-likeness (QED) is 0.616. The largest absolute Gasteiger partial charge is 0.355 e. The smallest absolute Gasteiger partial charge is 0.0630 e. The number of hydrogen-bond donors (Lipinski definition) is 1. The molecule has 1 heterocycles. The normalized spacial score (nSPS) is 19.9. The molecule has 2 atom stereocenters. The molecule has 2 nitrogen and oxygen atoms in total. The first-order valence-electron chi connectivity index (χ1n) is 9.06. The Morgan fingerprint density at radius 3 is 2.23 bits per heavy atom. The molecule has 0 amide bonds. The van der Waals surface area contributed by atoms with E-state index in [2.05, 4.69) is 107 Å². The number of nitrogens with zero attached hydrogens (tertiary/aromatic N) is 1. The summed E-state index contributed by atoms with van der Waals surface area (Å²) in [5.74, 6) is 0.350. The van der Waals surface area contributed by atoms with Crippen molar-refractivity contribution in [3.63, 3.8) is 0 Å². The van der Waals surface area contributed by atoms with Gasteiger partial charge in [0.25, 0.3) is 0 Å². The van der Waals surface area contributed by atoms with E-state index in [1.807, 2.05) is 6.07 Å². The minimum absolute atomic E-state index is 0.316. The third-order valence-electron chi connectivity index (χ3n) is 5.17. The second-order valence-corrected chi connectivity index (χ2v) is 6.72. The fourth-order valence-electron chi connectivity index (χ4n) is 4.07. The molecule has 1 N–H and O–H groups in total. The highest BCUT2D eigenvalue weighted by atomic mass is 15.2. The van der Waals surface area contributed by atoms with Crippen LogP contribution in [0, 0.1) is 0 Å². The molecule has 26 heavy (non-hydrogen) atoms. The monoisotopic (exact) mass is 336 g/mol. The molecule has 0 saturated carbocycles. The van der Waals surface area contributed by atoms with Crippen LogP contribution in [0.2, 0.25) is 0 Å². The van der Waals surface area contributed by atoms with Crippen LogP contribution < -0.4 is 10.2 Å². The van der Waals surface area contributed by atoms with Crippen LogP contribution in [0.4, 0.5) is 22.7 Å². The molecule has 2 heteroatoms. The van der Waals surface area contributed by atoms with Gasteiger partial charge in [0.2, 0.25) is 0 Å². The van der Waals surface area contributed by atoms with E-state index in [0.29, 0.717) is 12.0 Å². The average molecular weight is 336 g/mol. The summed E-state index contributed by atoms with van der Waals surface area (Å²) < 4.78 is 0. The first-order chi connectivity index (χ1) is 12.9. The predicted molar refractivity (Wildman–Crippen MR) is 110 cm³/mol. The van der Waals surface area contributed by atoms with E-state index in [0.717, 1.165) is 5.69 Å².